The van der Waals surface area contributed by atoms with E-state index in [1.54, 1.807) is 0 Å². The van der Waals surface area contributed by atoms with E-state index in [0.717, 1.165) is 31.6 Å². The van der Waals surface area contributed by atoms with Gasteiger partial charge in [-0.05, 0) is 53.4 Å². The molecule has 30 heavy (non-hydrogen) atoms. The Morgan fingerprint density at radius 1 is 0.767 bits per heavy atom. The average Bonchev–Trinajstić information content (AvgIpc) is 2.68. The Bertz CT molecular complexity index is 728. The molecule has 0 heterocycles. The lowest BCUT2D eigenvalue weighted by atomic mass is 9.72. The van der Waals surface area contributed by atoms with Crippen molar-refractivity contribution in [3.63, 3.8) is 0 Å². The summed E-state index contributed by atoms with van der Waals surface area (Å²) in [4.78, 5) is 0. The molecule has 0 aliphatic rings. The van der Waals surface area contributed by atoms with Crippen LogP contribution in [0.5, 0.6) is 5.75 Å². The van der Waals surface area contributed by atoms with Gasteiger partial charge in [0.25, 0.3) is 0 Å². The molecule has 168 valence electrons. The molecule has 3 heteroatoms. The molecule has 2 rings (SSSR count). The predicted octanol–water partition coefficient (Wildman–Crippen LogP) is 7.51. The number of nitrogens with one attached hydrogen (secondary N) is 1. The zero-order valence-electron chi connectivity index (χ0n) is 20.0. The van der Waals surface area contributed by atoms with Crippen LogP contribution in [0.25, 0.3) is 0 Å². The van der Waals surface area contributed by atoms with Crippen molar-refractivity contribution in [2.45, 2.75) is 78.7 Å². The Morgan fingerprint density at radius 3 is 1.83 bits per heavy atom. The molecule has 0 aromatic heterocycles. The first kappa shape index (κ1) is 26.5. The molecule has 0 bridgehead atoms. The van der Waals surface area contributed by atoms with Crippen LogP contribution in [0.4, 0.5) is 0 Å². The topological polar surface area (TPSA) is 21.3 Å². The maximum absolute atomic E-state index is 6.03. The minimum Gasteiger partial charge on any atom is -0.492 e. The van der Waals surface area contributed by atoms with Crippen LogP contribution in [0.3, 0.4) is 0 Å². The van der Waals surface area contributed by atoms with Gasteiger partial charge in [0.1, 0.15) is 12.4 Å². The van der Waals surface area contributed by atoms with Gasteiger partial charge in [0.05, 0.1) is 0 Å². The van der Waals surface area contributed by atoms with E-state index in [0.29, 0.717) is 12.0 Å². The Labute approximate surface area is 191 Å². The first-order chi connectivity index (χ1) is 13.6. The lowest BCUT2D eigenvalue weighted by Gasteiger charge is -2.34. The van der Waals surface area contributed by atoms with Crippen molar-refractivity contribution in [2.75, 3.05) is 13.2 Å². The van der Waals surface area contributed by atoms with E-state index in [4.69, 9.17) is 4.74 Å². The maximum Gasteiger partial charge on any atom is 0.119 e. The van der Waals surface area contributed by atoms with Gasteiger partial charge in [-0.1, -0.05) is 90.9 Å². The summed E-state index contributed by atoms with van der Waals surface area (Å²) in [6, 6.07) is 19.4. The Kier molecular flexibility index (Phi) is 9.91. The molecule has 0 fully saturated rings. The van der Waals surface area contributed by atoms with Crippen LogP contribution in [-0.4, -0.2) is 13.2 Å². The second kappa shape index (κ2) is 11.2. The van der Waals surface area contributed by atoms with Crippen molar-refractivity contribution in [2.24, 2.45) is 5.41 Å². The lowest BCUT2D eigenvalue weighted by molar-refractivity contribution is 0.254. The molecular weight excluding hydrogens is 390 g/mol. The minimum atomic E-state index is 0. The maximum atomic E-state index is 6.03. The van der Waals surface area contributed by atoms with E-state index in [-0.39, 0.29) is 23.4 Å². The van der Waals surface area contributed by atoms with Crippen LogP contribution in [-0.2, 0) is 11.0 Å². The highest BCUT2D eigenvalue weighted by Crippen LogP contribution is 2.36. The molecule has 0 spiro atoms. The van der Waals surface area contributed by atoms with Crippen molar-refractivity contribution < 1.29 is 4.74 Å². The van der Waals surface area contributed by atoms with Crippen LogP contribution < -0.4 is 10.1 Å². The van der Waals surface area contributed by atoms with Crippen molar-refractivity contribution in [1.29, 1.82) is 0 Å². The monoisotopic (exact) mass is 431 g/mol. The summed E-state index contributed by atoms with van der Waals surface area (Å²) in [5, 5.41) is 3.76. The molecule has 0 aliphatic heterocycles. The molecule has 0 amide bonds. The van der Waals surface area contributed by atoms with Crippen LogP contribution in [0.1, 0.15) is 78.9 Å². The summed E-state index contributed by atoms with van der Waals surface area (Å²) in [6.07, 6.45) is 3.27. The SMILES string of the molecule is CCC(CC)(NCCOc1ccc(C(C)(C)CC(C)(C)C)cc1)c1ccccc1.Cl. The second-order valence-corrected chi connectivity index (χ2v) is 10.1. The average molecular weight is 432 g/mol. The van der Waals surface area contributed by atoms with E-state index in [9.17, 15) is 0 Å². The molecule has 0 radical (unpaired) electrons. The number of ether oxygens (including phenoxy) is 1. The molecular formula is C27H42ClNO. The summed E-state index contributed by atoms with van der Waals surface area (Å²) in [5.41, 5.74) is 3.23. The van der Waals surface area contributed by atoms with E-state index < -0.39 is 0 Å². The van der Waals surface area contributed by atoms with Gasteiger partial charge in [-0.15, -0.1) is 12.4 Å². The fourth-order valence-corrected chi connectivity index (χ4v) is 4.66. The quantitative estimate of drug-likeness (QED) is 0.393. The number of hydrogen-bond donors (Lipinski definition) is 1. The smallest absolute Gasteiger partial charge is 0.119 e. The molecule has 0 atom stereocenters. The minimum absolute atomic E-state index is 0. The number of rotatable bonds is 10. The summed E-state index contributed by atoms with van der Waals surface area (Å²) in [7, 11) is 0. The molecule has 2 aromatic rings. The summed E-state index contributed by atoms with van der Waals surface area (Å²) in [5.74, 6) is 0.945. The molecule has 0 saturated carbocycles. The van der Waals surface area contributed by atoms with Crippen LogP contribution in [0.15, 0.2) is 54.6 Å². The van der Waals surface area contributed by atoms with Gasteiger partial charge in [0.2, 0.25) is 0 Å². The fourth-order valence-electron chi connectivity index (χ4n) is 4.66. The third kappa shape index (κ3) is 7.32. The van der Waals surface area contributed by atoms with E-state index in [1.807, 2.05) is 0 Å². The highest BCUT2D eigenvalue weighted by Gasteiger charge is 2.28. The van der Waals surface area contributed by atoms with E-state index in [1.165, 1.54) is 11.1 Å². The van der Waals surface area contributed by atoms with Gasteiger partial charge in [-0.2, -0.15) is 0 Å². The van der Waals surface area contributed by atoms with Gasteiger partial charge in [0.15, 0.2) is 0 Å². The standard InChI is InChI=1S/C27H41NO.ClH/c1-8-27(9-2,23-13-11-10-12-14-23)28-19-20-29-24-17-15-22(16-18-24)26(6,7)21-25(3,4)5;/h10-18,28H,8-9,19-21H2,1-7H3;1H. The second-order valence-electron chi connectivity index (χ2n) is 10.1. The van der Waals surface area contributed by atoms with Crippen molar-refractivity contribution >= 4 is 12.4 Å². The van der Waals surface area contributed by atoms with E-state index in [2.05, 4.69) is 108 Å². The number of hydrogen-bond acceptors (Lipinski definition) is 2. The van der Waals surface area contributed by atoms with Gasteiger partial charge in [0, 0.05) is 12.1 Å². The molecule has 0 saturated heterocycles. The highest BCUT2D eigenvalue weighted by molar-refractivity contribution is 5.85. The molecule has 1 N–H and O–H groups in total. The Morgan fingerprint density at radius 2 is 1.33 bits per heavy atom. The first-order valence-corrected chi connectivity index (χ1v) is 11.2. The summed E-state index contributed by atoms with van der Waals surface area (Å²) < 4.78 is 6.03. The Hall–Kier alpha value is -1.51. The molecule has 0 unspecified atom stereocenters. The summed E-state index contributed by atoms with van der Waals surface area (Å²) in [6.45, 7) is 17.6. The van der Waals surface area contributed by atoms with Crippen molar-refractivity contribution in [3.8, 4) is 5.75 Å². The molecule has 0 aliphatic carbocycles. The van der Waals surface area contributed by atoms with Crippen LogP contribution in [0.2, 0.25) is 0 Å². The van der Waals surface area contributed by atoms with Gasteiger partial charge in [-0.3, -0.25) is 0 Å². The van der Waals surface area contributed by atoms with E-state index >= 15 is 0 Å². The van der Waals surface area contributed by atoms with Crippen molar-refractivity contribution in [3.05, 3.63) is 65.7 Å². The lowest BCUT2D eigenvalue weighted by Crippen LogP contribution is -2.43. The number of halogens is 1. The third-order valence-corrected chi connectivity index (χ3v) is 5.98. The van der Waals surface area contributed by atoms with Gasteiger partial charge >= 0.3 is 0 Å². The zero-order chi connectivity index (χ0) is 21.5. The normalized spacial score (nSPS) is 12.4. The van der Waals surface area contributed by atoms with Crippen LogP contribution >= 0.6 is 12.4 Å². The number of benzene rings is 2. The zero-order valence-corrected chi connectivity index (χ0v) is 20.9. The molecule has 2 nitrogen and oxygen atoms in total. The Balaban J connectivity index is 0.00000450. The van der Waals surface area contributed by atoms with Crippen molar-refractivity contribution in [1.82, 2.24) is 5.32 Å². The van der Waals surface area contributed by atoms with Gasteiger partial charge < -0.3 is 10.1 Å². The highest BCUT2D eigenvalue weighted by atomic mass is 35.5. The molecule has 2 aromatic carbocycles. The summed E-state index contributed by atoms with van der Waals surface area (Å²) >= 11 is 0. The predicted molar refractivity (Wildman–Crippen MR) is 133 cm³/mol. The first-order valence-electron chi connectivity index (χ1n) is 11.2. The van der Waals surface area contributed by atoms with Gasteiger partial charge in [-0.25, -0.2) is 0 Å². The largest absolute Gasteiger partial charge is 0.492 e. The third-order valence-electron chi connectivity index (χ3n) is 5.98. The fraction of sp³-hybridized carbons (Fsp3) is 0.556. The van der Waals surface area contributed by atoms with Crippen LogP contribution in [0, 0.1) is 5.41 Å².